The predicted octanol–water partition coefficient (Wildman–Crippen LogP) is 2.43. The van der Waals surface area contributed by atoms with Crippen LogP contribution in [-0.2, 0) is 0 Å². The standard InChI is InChI=1S/C13H16FN3O/c1-3-18-13-5-4-10(6-11(13)14)17-8-16-7-12(17)9(2)15/h4-9H,3,15H2,1-2H3/t9-/m0/s1. The lowest BCUT2D eigenvalue weighted by molar-refractivity contribution is 0.321. The van der Waals surface area contributed by atoms with E-state index in [4.69, 9.17) is 10.5 Å². The van der Waals surface area contributed by atoms with Gasteiger partial charge in [-0.2, -0.15) is 0 Å². The van der Waals surface area contributed by atoms with Crippen molar-refractivity contribution in [1.82, 2.24) is 9.55 Å². The maximum absolute atomic E-state index is 13.8. The van der Waals surface area contributed by atoms with Crippen molar-refractivity contribution in [2.75, 3.05) is 6.61 Å². The van der Waals surface area contributed by atoms with Crippen molar-refractivity contribution in [3.8, 4) is 11.4 Å². The van der Waals surface area contributed by atoms with Gasteiger partial charge in [-0.25, -0.2) is 9.37 Å². The Kier molecular flexibility index (Phi) is 3.62. The zero-order chi connectivity index (χ0) is 13.1. The highest BCUT2D eigenvalue weighted by Crippen LogP contribution is 2.22. The molecule has 1 atom stereocenters. The first-order chi connectivity index (χ1) is 8.63. The molecule has 4 nitrogen and oxygen atoms in total. The third kappa shape index (κ3) is 2.36. The number of benzene rings is 1. The molecule has 0 saturated carbocycles. The molecule has 18 heavy (non-hydrogen) atoms. The van der Waals surface area contributed by atoms with Crippen LogP contribution >= 0.6 is 0 Å². The van der Waals surface area contributed by atoms with Crippen LogP contribution in [0.1, 0.15) is 25.6 Å². The Morgan fingerprint density at radius 1 is 1.50 bits per heavy atom. The quantitative estimate of drug-likeness (QED) is 0.905. The highest BCUT2D eigenvalue weighted by Gasteiger charge is 2.10. The summed E-state index contributed by atoms with van der Waals surface area (Å²) in [6.07, 6.45) is 3.30. The molecule has 0 unspecified atom stereocenters. The van der Waals surface area contributed by atoms with E-state index in [0.717, 1.165) is 5.69 Å². The van der Waals surface area contributed by atoms with Crippen LogP contribution < -0.4 is 10.5 Å². The second-order valence-corrected chi connectivity index (χ2v) is 4.02. The summed E-state index contributed by atoms with van der Waals surface area (Å²) in [5.41, 5.74) is 7.35. The molecule has 0 aliphatic carbocycles. The molecule has 5 heteroatoms. The van der Waals surface area contributed by atoms with Crippen molar-refractivity contribution in [3.63, 3.8) is 0 Å². The minimum absolute atomic E-state index is 0.165. The van der Waals surface area contributed by atoms with Crippen molar-refractivity contribution in [1.29, 1.82) is 0 Å². The lowest BCUT2D eigenvalue weighted by Crippen LogP contribution is -2.10. The third-order valence-electron chi connectivity index (χ3n) is 2.63. The summed E-state index contributed by atoms with van der Waals surface area (Å²) in [4.78, 5) is 4.04. The van der Waals surface area contributed by atoms with Gasteiger partial charge in [0.1, 0.15) is 0 Å². The van der Waals surface area contributed by atoms with Gasteiger partial charge in [-0.15, -0.1) is 0 Å². The van der Waals surface area contributed by atoms with Crippen molar-refractivity contribution in [2.45, 2.75) is 19.9 Å². The molecule has 0 saturated heterocycles. The Balaban J connectivity index is 2.39. The molecule has 0 aliphatic heterocycles. The van der Waals surface area contributed by atoms with E-state index < -0.39 is 5.82 Å². The SMILES string of the molecule is CCOc1ccc(-n2cncc2[C@H](C)N)cc1F. The molecule has 1 aromatic heterocycles. The molecule has 0 fully saturated rings. The number of aromatic nitrogens is 2. The maximum atomic E-state index is 13.8. The van der Waals surface area contributed by atoms with E-state index in [2.05, 4.69) is 4.98 Å². The zero-order valence-corrected chi connectivity index (χ0v) is 10.4. The Labute approximate surface area is 105 Å². The van der Waals surface area contributed by atoms with Crippen LogP contribution in [0.5, 0.6) is 5.75 Å². The van der Waals surface area contributed by atoms with Gasteiger partial charge in [0.25, 0.3) is 0 Å². The van der Waals surface area contributed by atoms with Crippen LogP contribution in [0, 0.1) is 5.82 Å². The molecule has 96 valence electrons. The normalized spacial score (nSPS) is 12.4. The summed E-state index contributed by atoms with van der Waals surface area (Å²) < 4.78 is 20.7. The number of nitrogens with two attached hydrogens (primary N) is 1. The summed E-state index contributed by atoms with van der Waals surface area (Å²) >= 11 is 0. The maximum Gasteiger partial charge on any atom is 0.167 e. The summed E-state index contributed by atoms with van der Waals surface area (Å²) in [5, 5.41) is 0. The minimum Gasteiger partial charge on any atom is -0.491 e. The fraction of sp³-hybridized carbons (Fsp3) is 0.308. The first-order valence-corrected chi connectivity index (χ1v) is 5.84. The number of hydrogen-bond donors (Lipinski definition) is 1. The molecule has 2 rings (SSSR count). The van der Waals surface area contributed by atoms with Crippen molar-refractivity contribution in [2.24, 2.45) is 5.73 Å². The van der Waals surface area contributed by atoms with Gasteiger partial charge in [0, 0.05) is 12.1 Å². The average molecular weight is 249 g/mol. The minimum atomic E-state index is -0.390. The highest BCUT2D eigenvalue weighted by molar-refractivity contribution is 5.40. The van der Waals surface area contributed by atoms with Gasteiger partial charge in [-0.1, -0.05) is 0 Å². The molecule has 0 amide bonds. The second kappa shape index (κ2) is 5.18. The van der Waals surface area contributed by atoms with Crippen LogP contribution in [0.2, 0.25) is 0 Å². The van der Waals surface area contributed by atoms with Gasteiger partial charge >= 0.3 is 0 Å². The fourth-order valence-electron chi connectivity index (χ4n) is 1.77. The van der Waals surface area contributed by atoms with E-state index in [0.29, 0.717) is 12.3 Å². The first-order valence-electron chi connectivity index (χ1n) is 5.84. The van der Waals surface area contributed by atoms with E-state index >= 15 is 0 Å². The van der Waals surface area contributed by atoms with Crippen LogP contribution in [0.25, 0.3) is 5.69 Å². The monoisotopic (exact) mass is 249 g/mol. The molecule has 2 aromatic rings. The van der Waals surface area contributed by atoms with E-state index in [9.17, 15) is 4.39 Å². The number of halogens is 1. The Morgan fingerprint density at radius 3 is 2.89 bits per heavy atom. The molecular weight excluding hydrogens is 233 g/mol. The van der Waals surface area contributed by atoms with Crippen molar-refractivity contribution in [3.05, 3.63) is 42.2 Å². The predicted molar refractivity (Wildman–Crippen MR) is 67.3 cm³/mol. The van der Waals surface area contributed by atoms with E-state index in [1.54, 1.807) is 29.2 Å². The summed E-state index contributed by atoms with van der Waals surface area (Å²) in [7, 11) is 0. The molecule has 0 aliphatic rings. The van der Waals surface area contributed by atoms with E-state index in [-0.39, 0.29) is 11.8 Å². The number of rotatable bonds is 4. The Hall–Kier alpha value is -1.88. The van der Waals surface area contributed by atoms with E-state index in [1.807, 2.05) is 13.8 Å². The summed E-state index contributed by atoms with van der Waals surface area (Å²) in [5.74, 6) is -0.137. The van der Waals surface area contributed by atoms with Crippen LogP contribution in [0.4, 0.5) is 4.39 Å². The lowest BCUT2D eigenvalue weighted by atomic mass is 10.2. The summed E-state index contributed by atoms with van der Waals surface area (Å²) in [6.45, 7) is 4.11. The zero-order valence-electron chi connectivity index (χ0n) is 10.4. The number of hydrogen-bond acceptors (Lipinski definition) is 3. The van der Waals surface area contributed by atoms with Gasteiger partial charge in [-0.3, -0.25) is 0 Å². The molecular formula is C13H16FN3O. The van der Waals surface area contributed by atoms with Crippen LogP contribution in [0.15, 0.2) is 30.7 Å². The topological polar surface area (TPSA) is 53.1 Å². The van der Waals surface area contributed by atoms with Gasteiger partial charge < -0.3 is 15.0 Å². The van der Waals surface area contributed by atoms with Crippen LogP contribution in [0.3, 0.4) is 0 Å². The fourth-order valence-corrected chi connectivity index (χ4v) is 1.77. The van der Waals surface area contributed by atoms with E-state index in [1.165, 1.54) is 6.07 Å². The largest absolute Gasteiger partial charge is 0.491 e. The molecule has 2 N–H and O–H groups in total. The number of imidazole rings is 1. The van der Waals surface area contributed by atoms with Gasteiger partial charge in [0.15, 0.2) is 11.6 Å². The molecule has 1 heterocycles. The van der Waals surface area contributed by atoms with Crippen molar-refractivity contribution < 1.29 is 9.13 Å². The number of nitrogens with zero attached hydrogens (tertiary/aromatic N) is 2. The Bertz CT molecular complexity index is 537. The molecule has 1 aromatic carbocycles. The van der Waals surface area contributed by atoms with Crippen molar-refractivity contribution >= 4 is 0 Å². The first kappa shape index (κ1) is 12.6. The highest BCUT2D eigenvalue weighted by atomic mass is 19.1. The molecule has 0 radical (unpaired) electrons. The van der Waals surface area contributed by atoms with Gasteiger partial charge in [-0.05, 0) is 26.0 Å². The second-order valence-electron chi connectivity index (χ2n) is 4.02. The Morgan fingerprint density at radius 2 is 2.28 bits per heavy atom. The molecule has 0 bridgehead atoms. The smallest absolute Gasteiger partial charge is 0.167 e. The number of ether oxygens (including phenoxy) is 1. The summed E-state index contributed by atoms with van der Waals surface area (Å²) in [6, 6.07) is 4.64. The van der Waals surface area contributed by atoms with Gasteiger partial charge in [0.2, 0.25) is 0 Å². The molecule has 0 spiro atoms. The average Bonchev–Trinajstić information content (AvgIpc) is 2.81. The third-order valence-corrected chi connectivity index (χ3v) is 2.63. The van der Waals surface area contributed by atoms with Crippen LogP contribution in [-0.4, -0.2) is 16.2 Å². The van der Waals surface area contributed by atoms with Gasteiger partial charge in [0.05, 0.1) is 30.5 Å². The lowest BCUT2D eigenvalue weighted by Gasteiger charge is -2.12.